The molecule has 1 unspecified atom stereocenters. The number of Topliss-reactive ketones (excluding diaryl/α,β-unsaturated/α-hetero) is 1. The molecule has 1 aliphatic rings. The lowest BCUT2D eigenvalue weighted by atomic mass is 9.93. The minimum absolute atomic E-state index is 0.0745. The van der Waals surface area contributed by atoms with Crippen molar-refractivity contribution in [1.29, 1.82) is 0 Å². The molecule has 1 saturated heterocycles. The van der Waals surface area contributed by atoms with Gasteiger partial charge in [0.1, 0.15) is 5.76 Å². The van der Waals surface area contributed by atoms with Gasteiger partial charge in [-0.1, -0.05) is 91.4 Å². The molecular weight excluding hydrogens is 444 g/mol. The summed E-state index contributed by atoms with van der Waals surface area (Å²) in [7, 11) is 0. The summed E-state index contributed by atoms with van der Waals surface area (Å²) >= 11 is 1.36. The number of amides is 1. The van der Waals surface area contributed by atoms with Gasteiger partial charge in [-0.3, -0.25) is 14.5 Å². The van der Waals surface area contributed by atoms with Crippen molar-refractivity contribution in [2.24, 2.45) is 0 Å². The first-order chi connectivity index (χ1) is 16.3. The second-order valence-electron chi connectivity index (χ2n) is 8.82. The van der Waals surface area contributed by atoms with Gasteiger partial charge in [0.15, 0.2) is 5.13 Å². The predicted octanol–water partition coefficient (Wildman–Crippen LogP) is 6.35. The quantitative estimate of drug-likeness (QED) is 0.215. The Bertz CT molecular complexity index is 1400. The first kappa shape index (κ1) is 22.0. The summed E-state index contributed by atoms with van der Waals surface area (Å²) in [5.74, 6) is -1.24. The van der Waals surface area contributed by atoms with E-state index in [-0.39, 0.29) is 11.3 Å². The van der Waals surface area contributed by atoms with Crippen molar-refractivity contribution < 1.29 is 14.7 Å². The second kappa shape index (κ2) is 8.54. The van der Waals surface area contributed by atoms with Gasteiger partial charge in [0.2, 0.25) is 0 Å². The molecule has 3 aromatic carbocycles. The molecule has 170 valence electrons. The highest BCUT2D eigenvalue weighted by Crippen LogP contribution is 2.44. The summed E-state index contributed by atoms with van der Waals surface area (Å²) in [5.41, 5.74) is 4.27. The molecule has 1 fully saturated rings. The monoisotopic (exact) mass is 468 g/mol. The number of aliphatic hydroxyl groups is 1. The van der Waals surface area contributed by atoms with Gasteiger partial charge >= 0.3 is 5.91 Å². The maximum absolute atomic E-state index is 13.3. The van der Waals surface area contributed by atoms with Crippen LogP contribution in [0.2, 0.25) is 0 Å². The fraction of sp³-hybridized carbons (Fsp3) is 0.179. The maximum Gasteiger partial charge on any atom is 0.301 e. The van der Waals surface area contributed by atoms with Gasteiger partial charge in [0.05, 0.1) is 21.8 Å². The maximum atomic E-state index is 13.3. The lowest BCUT2D eigenvalue weighted by molar-refractivity contribution is -0.132. The molecule has 2 heterocycles. The summed E-state index contributed by atoms with van der Waals surface area (Å²) in [4.78, 5) is 32.7. The Hall–Kier alpha value is -3.77. The van der Waals surface area contributed by atoms with E-state index in [1.54, 1.807) is 12.1 Å². The predicted molar refractivity (Wildman–Crippen MR) is 136 cm³/mol. The molecule has 1 aromatic heterocycles. The summed E-state index contributed by atoms with van der Waals surface area (Å²) in [6, 6.07) is 22.0. The van der Waals surface area contributed by atoms with Gasteiger partial charge in [0.25, 0.3) is 5.78 Å². The Morgan fingerprint density at radius 2 is 1.65 bits per heavy atom. The largest absolute Gasteiger partial charge is 0.507 e. The lowest BCUT2D eigenvalue weighted by Crippen LogP contribution is -2.29. The van der Waals surface area contributed by atoms with Crippen LogP contribution < -0.4 is 4.90 Å². The fourth-order valence-electron chi connectivity index (χ4n) is 4.24. The van der Waals surface area contributed by atoms with Crippen LogP contribution in [0, 0.1) is 6.92 Å². The molecule has 0 bridgehead atoms. The number of aliphatic hydroxyl groups excluding tert-OH is 1. The molecule has 0 aliphatic carbocycles. The molecule has 1 N–H and O–H groups in total. The number of ketones is 1. The van der Waals surface area contributed by atoms with Gasteiger partial charge in [-0.05, 0) is 36.1 Å². The van der Waals surface area contributed by atoms with Crippen molar-refractivity contribution in [2.45, 2.75) is 32.7 Å². The third-order valence-corrected chi connectivity index (χ3v) is 7.21. The van der Waals surface area contributed by atoms with Gasteiger partial charge in [-0.25, -0.2) is 4.98 Å². The average Bonchev–Trinajstić information content (AvgIpc) is 3.37. The van der Waals surface area contributed by atoms with Crippen LogP contribution in [0.25, 0.3) is 16.0 Å². The zero-order valence-electron chi connectivity index (χ0n) is 19.1. The molecule has 0 radical (unpaired) electrons. The number of aryl methyl sites for hydroxylation is 1. The van der Waals surface area contributed by atoms with E-state index in [0.29, 0.717) is 16.6 Å². The van der Waals surface area contributed by atoms with E-state index in [1.807, 2.05) is 67.6 Å². The SMILES string of the molecule is Cc1ccc(/C(O)=C2\C(=O)C(=O)N(c3nc4ccccc4s3)C2c2ccc(C(C)C)cc2)cc1. The number of carbonyl (C=O) groups excluding carboxylic acids is 2. The number of fused-ring (bicyclic) bond motifs is 1. The van der Waals surface area contributed by atoms with Crippen molar-refractivity contribution in [3.05, 3.63) is 101 Å². The van der Waals surface area contributed by atoms with E-state index in [1.165, 1.54) is 16.2 Å². The topological polar surface area (TPSA) is 70.5 Å². The minimum Gasteiger partial charge on any atom is -0.507 e. The number of rotatable bonds is 4. The van der Waals surface area contributed by atoms with E-state index >= 15 is 0 Å². The van der Waals surface area contributed by atoms with Crippen LogP contribution in [-0.4, -0.2) is 21.8 Å². The average molecular weight is 469 g/mol. The van der Waals surface area contributed by atoms with Gasteiger partial charge in [0, 0.05) is 5.56 Å². The molecule has 4 aromatic rings. The van der Waals surface area contributed by atoms with Crippen LogP contribution in [-0.2, 0) is 9.59 Å². The van der Waals surface area contributed by atoms with Crippen molar-refractivity contribution in [3.63, 3.8) is 0 Å². The first-order valence-electron chi connectivity index (χ1n) is 11.2. The number of anilines is 1. The Labute approximate surface area is 202 Å². The molecule has 34 heavy (non-hydrogen) atoms. The zero-order valence-corrected chi connectivity index (χ0v) is 20.0. The van der Waals surface area contributed by atoms with E-state index in [0.717, 1.165) is 26.9 Å². The number of hydrogen-bond acceptors (Lipinski definition) is 5. The summed E-state index contributed by atoms with van der Waals surface area (Å²) in [6.07, 6.45) is 0. The van der Waals surface area contributed by atoms with Gasteiger partial charge < -0.3 is 5.11 Å². The van der Waals surface area contributed by atoms with Gasteiger partial charge in [-0.2, -0.15) is 0 Å². The number of carbonyl (C=O) groups is 2. The molecule has 1 aliphatic heterocycles. The van der Waals surface area contributed by atoms with Crippen LogP contribution in [0.1, 0.15) is 48.1 Å². The fourth-order valence-corrected chi connectivity index (χ4v) is 5.23. The number of para-hydroxylation sites is 1. The number of nitrogens with zero attached hydrogens (tertiary/aromatic N) is 2. The van der Waals surface area contributed by atoms with Crippen LogP contribution >= 0.6 is 11.3 Å². The Kier molecular flexibility index (Phi) is 5.54. The van der Waals surface area contributed by atoms with E-state index in [9.17, 15) is 14.7 Å². The third kappa shape index (κ3) is 3.70. The van der Waals surface area contributed by atoms with Gasteiger partial charge in [-0.15, -0.1) is 0 Å². The number of hydrogen-bond donors (Lipinski definition) is 1. The summed E-state index contributed by atoms with van der Waals surface area (Å²) in [5, 5.41) is 11.7. The highest BCUT2D eigenvalue weighted by Gasteiger charge is 2.48. The molecule has 0 spiro atoms. The molecular formula is C28H24N2O3S. The van der Waals surface area contributed by atoms with E-state index in [4.69, 9.17) is 0 Å². The zero-order chi connectivity index (χ0) is 24.0. The summed E-state index contributed by atoms with van der Waals surface area (Å²) in [6.45, 7) is 6.17. The van der Waals surface area contributed by atoms with Crippen LogP contribution in [0.4, 0.5) is 5.13 Å². The smallest absolute Gasteiger partial charge is 0.301 e. The van der Waals surface area contributed by atoms with Crippen molar-refractivity contribution >= 4 is 44.1 Å². The lowest BCUT2D eigenvalue weighted by Gasteiger charge is -2.23. The molecule has 5 rings (SSSR count). The Balaban J connectivity index is 1.71. The minimum atomic E-state index is -0.775. The number of benzene rings is 3. The normalized spacial score (nSPS) is 17.8. The van der Waals surface area contributed by atoms with E-state index in [2.05, 4.69) is 18.8 Å². The van der Waals surface area contributed by atoms with Crippen LogP contribution in [0.3, 0.4) is 0 Å². The Morgan fingerprint density at radius 1 is 0.971 bits per heavy atom. The highest BCUT2D eigenvalue weighted by molar-refractivity contribution is 7.22. The molecule has 0 saturated carbocycles. The Morgan fingerprint density at radius 3 is 2.29 bits per heavy atom. The molecule has 1 atom stereocenters. The van der Waals surface area contributed by atoms with Crippen molar-refractivity contribution in [3.8, 4) is 0 Å². The van der Waals surface area contributed by atoms with E-state index < -0.39 is 17.7 Å². The standard InChI is InChI=1S/C28H24N2O3S/c1-16(2)18-12-14-19(15-13-18)24-23(25(31)20-10-8-17(3)9-11-20)26(32)27(33)30(24)28-29-21-6-4-5-7-22(21)34-28/h4-16,24,31H,1-3H3/b25-23+. The van der Waals surface area contributed by atoms with Crippen molar-refractivity contribution in [1.82, 2.24) is 4.98 Å². The molecule has 1 amide bonds. The second-order valence-corrected chi connectivity index (χ2v) is 9.83. The first-order valence-corrected chi connectivity index (χ1v) is 12.0. The summed E-state index contributed by atoms with van der Waals surface area (Å²) < 4.78 is 0.923. The highest BCUT2D eigenvalue weighted by atomic mass is 32.1. The van der Waals surface area contributed by atoms with Crippen molar-refractivity contribution in [2.75, 3.05) is 4.90 Å². The molecule has 5 nitrogen and oxygen atoms in total. The van der Waals surface area contributed by atoms with Crippen LogP contribution in [0.15, 0.2) is 78.4 Å². The third-order valence-electron chi connectivity index (χ3n) is 6.18. The number of thiazole rings is 1. The van der Waals surface area contributed by atoms with Crippen LogP contribution in [0.5, 0.6) is 0 Å². The number of aromatic nitrogens is 1. The molecule has 6 heteroatoms.